The van der Waals surface area contributed by atoms with Crippen molar-refractivity contribution in [3.8, 4) is 22.3 Å². The van der Waals surface area contributed by atoms with Gasteiger partial charge in [0.1, 0.15) is 0 Å². The molecule has 2 aliphatic carbocycles. The monoisotopic (exact) mass is 446 g/mol. The first-order valence-electron chi connectivity index (χ1n) is 12.6. The fourth-order valence-corrected chi connectivity index (χ4v) is 7.04. The van der Waals surface area contributed by atoms with E-state index in [1.165, 1.54) is 83.8 Å². The van der Waals surface area contributed by atoms with Crippen LogP contribution in [-0.4, -0.2) is 4.98 Å². The molecular weight excluding hydrogens is 424 g/mol. The Morgan fingerprint density at radius 2 is 1.14 bits per heavy atom. The minimum absolute atomic E-state index is 0.956. The molecule has 0 bridgehead atoms. The van der Waals surface area contributed by atoms with Crippen LogP contribution in [0.5, 0.6) is 0 Å². The summed E-state index contributed by atoms with van der Waals surface area (Å²) in [4.78, 5) is 6.97. The molecule has 35 heavy (non-hydrogen) atoms. The van der Waals surface area contributed by atoms with E-state index in [9.17, 15) is 0 Å². The third-order valence-corrected chi connectivity index (χ3v) is 8.54. The Bertz CT molecular complexity index is 1760. The number of rotatable bonds is 0. The van der Waals surface area contributed by atoms with Crippen molar-refractivity contribution in [1.29, 1.82) is 0 Å². The molecule has 164 valence electrons. The maximum Gasteiger partial charge on any atom is 0.0532 e. The van der Waals surface area contributed by atoms with Crippen molar-refractivity contribution in [3.05, 3.63) is 130 Å². The van der Waals surface area contributed by atoms with E-state index in [1.807, 2.05) is 12.4 Å². The Kier molecular flexibility index (Phi) is 3.27. The molecule has 0 unspecified atom stereocenters. The zero-order valence-corrected chi connectivity index (χ0v) is 19.3. The number of hydrogen-bond acceptors (Lipinski definition) is 2. The smallest absolute Gasteiger partial charge is 0.0532 e. The number of aromatic nitrogens is 1. The number of nitrogens with zero attached hydrogens (tertiary/aromatic N) is 2. The average Bonchev–Trinajstić information content (AvgIpc) is 3.42. The van der Waals surface area contributed by atoms with Crippen molar-refractivity contribution in [2.24, 2.45) is 0 Å². The van der Waals surface area contributed by atoms with Gasteiger partial charge in [-0.05, 0) is 97.8 Å². The highest BCUT2D eigenvalue weighted by atomic mass is 15.2. The molecule has 0 radical (unpaired) electrons. The summed E-state index contributed by atoms with van der Waals surface area (Å²) in [6.07, 6.45) is 8.03. The van der Waals surface area contributed by atoms with Crippen LogP contribution in [0.15, 0.2) is 85.2 Å². The van der Waals surface area contributed by atoms with Gasteiger partial charge in [-0.2, -0.15) is 0 Å². The Morgan fingerprint density at radius 3 is 2.03 bits per heavy atom. The molecule has 0 spiro atoms. The second-order valence-electron chi connectivity index (χ2n) is 10.4. The Labute approximate surface area is 204 Å². The van der Waals surface area contributed by atoms with Crippen LogP contribution in [0.3, 0.4) is 0 Å². The van der Waals surface area contributed by atoms with Crippen LogP contribution in [0.25, 0.3) is 22.3 Å². The first-order chi connectivity index (χ1) is 17.3. The number of pyridine rings is 1. The van der Waals surface area contributed by atoms with Crippen LogP contribution in [0, 0.1) is 0 Å². The summed E-state index contributed by atoms with van der Waals surface area (Å²) in [6, 6.07) is 27.9. The van der Waals surface area contributed by atoms with Crippen molar-refractivity contribution in [2.75, 3.05) is 4.90 Å². The molecule has 0 atom stereocenters. The molecule has 9 rings (SSSR count). The van der Waals surface area contributed by atoms with E-state index < -0.39 is 0 Å². The maximum absolute atomic E-state index is 4.45. The predicted octanol–water partition coefficient (Wildman–Crippen LogP) is 7.50. The minimum atomic E-state index is 0.956. The SMILES string of the molecule is c1ccc2c(c1)Cc1cc3c(cc1-2)-c1cc2c(cc1C3)Cc1cccc3c1N2c1ccncc1C3. The molecule has 2 nitrogen and oxygen atoms in total. The molecule has 0 amide bonds. The lowest BCUT2D eigenvalue weighted by Gasteiger charge is -2.39. The standard InChI is InChI=1S/C33H22N2/c1-2-7-27-19(4-1)10-22-13-23-14-24-15-25-11-20-5-3-6-21-12-26-18-34-9-8-31(26)35(33(20)21)32(25)17-30(24)29(23)16-28(22)27/h1-9,13,15-18H,10-12,14H2. The largest absolute Gasteiger partial charge is 0.309 e. The third-order valence-electron chi connectivity index (χ3n) is 8.54. The van der Waals surface area contributed by atoms with Crippen LogP contribution in [0.1, 0.15) is 44.5 Å². The van der Waals surface area contributed by atoms with Gasteiger partial charge in [0, 0.05) is 25.2 Å². The summed E-state index contributed by atoms with van der Waals surface area (Å²) in [7, 11) is 0. The molecule has 0 saturated carbocycles. The number of para-hydroxylation sites is 1. The third kappa shape index (κ3) is 2.32. The van der Waals surface area contributed by atoms with E-state index in [0.717, 1.165) is 25.7 Å². The zero-order valence-electron chi connectivity index (χ0n) is 19.3. The quantitative estimate of drug-likeness (QED) is 0.240. The summed E-state index contributed by atoms with van der Waals surface area (Å²) in [5, 5.41) is 0. The van der Waals surface area contributed by atoms with Gasteiger partial charge in [-0.1, -0.05) is 54.6 Å². The van der Waals surface area contributed by atoms with Crippen molar-refractivity contribution < 1.29 is 0 Å². The summed E-state index contributed by atoms with van der Waals surface area (Å²) < 4.78 is 0. The predicted molar refractivity (Wildman–Crippen MR) is 141 cm³/mol. The van der Waals surface area contributed by atoms with Crippen molar-refractivity contribution in [3.63, 3.8) is 0 Å². The van der Waals surface area contributed by atoms with Gasteiger partial charge in [0.25, 0.3) is 0 Å². The van der Waals surface area contributed by atoms with Gasteiger partial charge in [0.2, 0.25) is 0 Å². The van der Waals surface area contributed by atoms with Crippen molar-refractivity contribution >= 4 is 17.1 Å². The molecule has 1 aromatic heterocycles. The van der Waals surface area contributed by atoms with Gasteiger partial charge >= 0.3 is 0 Å². The van der Waals surface area contributed by atoms with E-state index in [2.05, 4.69) is 82.7 Å². The Hall–Kier alpha value is -4.17. The summed E-state index contributed by atoms with van der Waals surface area (Å²) in [6.45, 7) is 0. The van der Waals surface area contributed by atoms with Gasteiger partial charge < -0.3 is 4.90 Å². The number of fused-ring (bicyclic) bond motifs is 10. The summed E-state index contributed by atoms with van der Waals surface area (Å²) in [5.41, 5.74) is 21.1. The highest BCUT2D eigenvalue weighted by molar-refractivity contribution is 5.93. The Balaban J connectivity index is 1.27. The second-order valence-corrected chi connectivity index (χ2v) is 10.4. The minimum Gasteiger partial charge on any atom is -0.309 e. The van der Waals surface area contributed by atoms with Gasteiger partial charge in [0.15, 0.2) is 0 Å². The van der Waals surface area contributed by atoms with E-state index in [4.69, 9.17) is 0 Å². The molecule has 0 saturated heterocycles. The van der Waals surface area contributed by atoms with Crippen molar-refractivity contribution in [1.82, 2.24) is 4.98 Å². The second kappa shape index (κ2) is 6.28. The molecule has 0 fully saturated rings. The number of anilines is 3. The molecule has 3 heterocycles. The molecule has 4 aromatic carbocycles. The van der Waals surface area contributed by atoms with Crippen LogP contribution < -0.4 is 4.90 Å². The number of benzene rings is 4. The van der Waals surface area contributed by atoms with Gasteiger partial charge in [-0.3, -0.25) is 4.98 Å². The topological polar surface area (TPSA) is 16.1 Å². The van der Waals surface area contributed by atoms with E-state index in [1.54, 1.807) is 0 Å². The van der Waals surface area contributed by atoms with E-state index in [-0.39, 0.29) is 0 Å². The summed E-state index contributed by atoms with van der Waals surface area (Å²) in [5.74, 6) is 0. The number of hydrogen-bond donors (Lipinski definition) is 0. The van der Waals surface area contributed by atoms with Crippen LogP contribution in [0.2, 0.25) is 0 Å². The van der Waals surface area contributed by atoms with E-state index in [0.29, 0.717) is 0 Å². The lowest BCUT2D eigenvalue weighted by Crippen LogP contribution is -2.24. The molecular formula is C33H22N2. The molecule has 5 aromatic rings. The van der Waals surface area contributed by atoms with Crippen molar-refractivity contribution in [2.45, 2.75) is 25.7 Å². The fraction of sp³-hybridized carbons (Fsp3) is 0.121. The van der Waals surface area contributed by atoms with Crippen LogP contribution in [0.4, 0.5) is 17.1 Å². The summed E-state index contributed by atoms with van der Waals surface area (Å²) >= 11 is 0. The fourth-order valence-electron chi connectivity index (χ4n) is 7.04. The highest BCUT2D eigenvalue weighted by Gasteiger charge is 2.34. The van der Waals surface area contributed by atoms with Gasteiger partial charge in [0.05, 0.1) is 17.1 Å². The van der Waals surface area contributed by atoms with Crippen LogP contribution in [-0.2, 0) is 25.7 Å². The van der Waals surface area contributed by atoms with Gasteiger partial charge in [-0.15, -0.1) is 0 Å². The van der Waals surface area contributed by atoms with E-state index >= 15 is 0 Å². The molecule has 2 heteroatoms. The van der Waals surface area contributed by atoms with Crippen LogP contribution >= 0.6 is 0 Å². The molecule has 0 N–H and O–H groups in total. The highest BCUT2D eigenvalue weighted by Crippen LogP contribution is 2.53. The zero-order chi connectivity index (χ0) is 22.7. The lowest BCUT2D eigenvalue weighted by molar-refractivity contribution is 0.998. The maximum atomic E-state index is 4.45. The lowest BCUT2D eigenvalue weighted by atomic mass is 9.85. The first kappa shape index (κ1) is 18.2. The first-order valence-corrected chi connectivity index (χ1v) is 12.6. The van der Waals surface area contributed by atoms with Gasteiger partial charge in [-0.25, -0.2) is 0 Å². The molecule has 4 aliphatic rings. The molecule has 2 aliphatic heterocycles. The average molecular weight is 447 g/mol. The Morgan fingerprint density at radius 1 is 0.486 bits per heavy atom. The normalized spacial score (nSPS) is 14.9.